The van der Waals surface area contributed by atoms with E-state index in [4.69, 9.17) is 0 Å². The van der Waals surface area contributed by atoms with E-state index in [9.17, 15) is 4.79 Å². The standard InChI is InChI=1S/C21H32N2O/c1-16-7-6-10-18-15-23(2)19(13-20(16)18)14-22-21(24)12-11-17-8-4-3-5-9-17/h6-7,10,17,19H,3-5,8-9,11-15H2,1-2H3,(H,22,24). The van der Waals surface area contributed by atoms with Crippen LogP contribution >= 0.6 is 0 Å². The third kappa shape index (κ3) is 4.38. The summed E-state index contributed by atoms with van der Waals surface area (Å²) in [5.74, 6) is 1.03. The van der Waals surface area contributed by atoms with Gasteiger partial charge in [0.2, 0.25) is 5.91 Å². The highest BCUT2D eigenvalue weighted by Crippen LogP contribution is 2.27. The summed E-state index contributed by atoms with van der Waals surface area (Å²) in [6.07, 6.45) is 9.59. The normalized spacial score (nSPS) is 22.2. The Labute approximate surface area is 146 Å². The topological polar surface area (TPSA) is 32.3 Å². The first kappa shape index (κ1) is 17.5. The number of amides is 1. The van der Waals surface area contributed by atoms with Gasteiger partial charge in [0.25, 0.3) is 0 Å². The summed E-state index contributed by atoms with van der Waals surface area (Å²) < 4.78 is 0. The minimum Gasteiger partial charge on any atom is -0.355 e. The van der Waals surface area contributed by atoms with E-state index in [0.29, 0.717) is 12.5 Å². The SMILES string of the molecule is Cc1cccc2c1CC(CNC(=O)CCC1CCCCC1)N(C)C2. The molecule has 1 atom stereocenters. The van der Waals surface area contributed by atoms with Crippen LogP contribution in [0.5, 0.6) is 0 Å². The summed E-state index contributed by atoms with van der Waals surface area (Å²) in [5, 5.41) is 3.19. The maximum Gasteiger partial charge on any atom is 0.220 e. The molecule has 1 saturated carbocycles. The van der Waals surface area contributed by atoms with Gasteiger partial charge in [0.05, 0.1) is 0 Å². The van der Waals surface area contributed by atoms with Gasteiger partial charge in [-0.15, -0.1) is 0 Å². The van der Waals surface area contributed by atoms with Gasteiger partial charge >= 0.3 is 0 Å². The molecule has 2 aliphatic rings. The number of hydrogen-bond acceptors (Lipinski definition) is 2. The number of nitrogens with one attached hydrogen (secondary N) is 1. The molecule has 1 aliphatic heterocycles. The molecule has 1 N–H and O–H groups in total. The first-order chi connectivity index (χ1) is 11.6. The molecular weight excluding hydrogens is 296 g/mol. The van der Waals surface area contributed by atoms with Crippen molar-refractivity contribution in [3.8, 4) is 0 Å². The Kier molecular flexibility index (Phi) is 5.94. The van der Waals surface area contributed by atoms with E-state index in [1.807, 2.05) is 0 Å². The predicted octanol–water partition coefficient (Wildman–Crippen LogP) is 3.83. The highest BCUT2D eigenvalue weighted by Gasteiger charge is 2.24. The Morgan fingerprint density at radius 1 is 1.25 bits per heavy atom. The van der Waals surface area contributed by atoms with Crippen LogP contribution in [0.3, 0.4) is 0 Å². The van der Waals surface area contributed by atoms with Gasteiger partial charge in [-0.05, 0) is 49.4 Å². The Bertz CT molecular complexity index is 563. The minimum atomic E-state index is 0.240. The molecule has 0 aromatic heterocycles. The number of benzene rings is 1. The molecule has 24 heavy (non-hydrogen) atoms. The number of carbonyl (C=O) groups is 1. The third-order valence-corrected chi connectivity index (χ3v) is 6.03. The van der Waals surface area contributed by atoms with Crippen molar-refractivity contribution in [3.05, 3.63) is 34.9 Å². The fourth-order valence-electron chi connectivity index (χ4n) is 4.35. The number of aryl methyl sites for hydroxylation is 1. The van der Waals surface area contributed by atoms with E-state index in [1.54, 1.807) is 0 Å². The molecule has 3 heteroatoms. The fraction of sp³-hybridized carbons (Fsp3) is 0.667. The summed E-state index contributed by atoms with van der Waals surface area (Å²) in [7, 11) is 2.17. The zero-order valence-electron chi connectivity index (χ0n) is 15.3. The van der Waals surface area contributed by atoms with Gasteiger partial charge in [0.1, 0.15) is 0 Å². The lowest BCUT2D eigenvalue weighted by Crippen LogP contribution is -2.45. The van der Waals surface area contributed by atoms with E-state index in [0.717, 1.165) is 31.8 Å². The van der Waals surface area contributed by atoms with Gasteiger partial charge in [-0.25, -0.2) is 0 Å². The second kappa shape index (κ2) is 8.15. The monoisotopic (exact) mass is 328 g/mol. The highest BCUT2D eigenvalue weighted by atomic mass is 16.1. The average molecular weight is 329 g/mol. The summed E-state index contributed by atoms with van der Waals surface area (Å²) >= 11 is 0. The van der Waals surface area contributed by atoms with E-state index >= 15 is 0 Å². The smallest absolute Gasteiger partial charge is 0.220 e. The molecule has 0 radical (unpaired) electrons. The molecule has 1 heterocycles. The van der Waals surface area contributed by atoms with Crippen LogP contribution in [-0.2, 0) is 17.8 Å². The zero-order valence-corrected chi connectivity index (χ0v) is 15.3. The number of carbonyl (C=O) groups excluding carboxylic acids is 1. The minimum absolute atomic E-state index is 0.240. The molecular formula is C21H32N2O. The van der Waals surface area contributed by atoms with E-state index in [-0.39, 0.29) is 5.91 Å². The number of hydrogen-bond donors (Lipinski definition) is 1. The van der Waals surface area contributed by atoms with Gasteiger partial charge in [-0.2, -0.15) is 0 Å². The van der Waals surface area contributed by atoms with Crippen molar-refractivity contribution in [2.24, 2.45) is 5.92 Å². The van der Waals surface area contributed by atoms with E-state index in [2.05, 4.69) is 42.4 Å². The van der Waals surface area contributed by atoms with E-state index < -0.39 is 0 Å². The summed E-state index contributed by atoms with van der Waals surface area (Å²) in [6.45, 7) is 3.96. The van der Waals surface area contributed by atoms with Gasteiger partial charge in [0.15, 0.2) is 0 Å². The van der Waals surface area contributed by atoms with Crippen LogP contribution < -0.4 is 5.32 Å². The molecule has 1 aromatic carbocycles. The Balaban J connectivity index is 1.46. The molecule has 1 amide bonds. The second-order valence-electron chi connectivity index (χ2n) is 7.83. The van der Waals surface area contributed by atoms with Crippen molar-refractivity contribution in [1.82, 2.24) is 10.2 Å². The van der Waals surface area contributed by atoms with Crippen molar-refractivity contribution in [2.75, 3.05) is 13.6 Å². The van der Waals surface area contributed by atoms with Crippen molar-refractivity contribution in [2.45, 2.75) is 70.9 Å². The van der Waals surface area contributed by atoms with Crippen LogP contribution in [0.25, 0.3) is 0 Å². The lowest BCUT2D eigenvalue weighted by Gasteiger charge is -2.35. The summed E-state index contributed by atoms with van der Waals surface area (Å²) in [4.78, 5) is 14.6. The Morgan fingerprint density at radius 2 is 2.04 bits per heavy atom. The van der Waals surface area contributed by atoms with Crippen LogP contribution in [0.15, 0.2) is 18.2 Å². The average Bonchev–Trinajstić information content (AvgIpc) is 2.59. The Hall–Kier alpha value is -1.35. The lowest BCUT2D eigenvalue weighted by atomic mass is 9.86. The molecule has 3 rings (SSSR count). The predicted molar refractivity (Wildman–Crippen MR) is 99.0 cm³/mol. The van der Waals surface area contributed by atoms with Crippen molar-refractivity contribution < 1.29 is 4.79 Å². The first-order valence-corrected chi connectivity index (χ1v) is 9.68. The molecule has 1 aromatic rings. The number of rotatable bonds is 5. The first-order valence-electron chi connectivity index (χ1n) is 9.68. The van der Waals surface area contributed by atoms with Crippen molar-refractivity contribution in [3.63, 3.8) is 0 Å². The Morgan fingerprint density at radius 3 is 2.83 bits per heavy atom. The number of nitrogens with zero attached hydrogens (tertiary/aromatic N) is 1. The zero-order chi connectivity index (χ0) is 16.9. The van der Waals surface area contributed by atoms with Crippen molar-refractivity contribution in [1.29, 1.82) is 0 Å². The molecule has 1 aliphatic carbocycles. The molecule has 1 fully saturated rings. The lowest BCUT2D eigenvalue weighted by molar-refractivity contribution is -0.121. The van der Waals surface area contributed by atoms with Crippen LogP contribution in [-0.4, -0.2) is 30.4 Å². The molecule has 3 nitrogen and oxygen atoms in total. The molecule has 0 bridgehead atoms. The van der Waals surface area contributed by atoms with Gasteiger partial charge in [-0.3, -0.25) is 9.69 Å². The summed E-state index contributed by atoms with van der Waals surface area (Å²) in [6, 6.07) is 6.99. The fourth-order valence-corrected chi connectivity index (χ4v) is 4.35. The third-order valence-electron chi connectivity index (χ3n) is 6.03. The maximum absolute atomic E-state index is 12.2. The van der Waals surface area contributed by atoms with Crippen molar-refractivity contribution >= 4 is 5.91 Å². The summed E-state index contributed by atoms with van der Waals surface area (Å²) in [5.41, 5.74) is 4.31. The van der Waals surface area contributed by atoms with Gasteiger partial charge < -0.3 is 5.32 Å². The molecule has 0 spiro atoms. The van der Waals surface area contributed by atoms with E-state index in [1.165, 1.54) is 48.8 Å². The quantitative estimate of drug-likeness (QED) is 0.891. The van der Waals surface area contributed by atoms with Gasteiger partial charge in [-0.1, -0.05) is 50.3 Å². The molecule has 1 unspecified atom stereocenters. The number of likely N-dealkylation sites (N-methyl/N-ethyl adjacent to an activating group) is 1. The second-order valence-corrected chi connectivity index (χ2v) is 7.83. The van der Waals surface area contributed by atoms with Crippen LogP contribution in [0.1, 0.15) is 61.6 Å². The maximum atomic E-state index is 12.2. The molecule has 0 saturated heterocycles. The number of fused-ring (bicyclic) bond motifs is 1. The largest absolute Gasteiger partial charge is 0.355 e. The van der Waals surface area contributed by atoms with Crippen LogP contribution in [0.4, 0.5) is 0 Å². The van der Waals surface area contributed by atoms with Gasteiger partial charge in [0, 0.05) is 25.6 Å². The van der Waals surface area contributed by atoms with Crippen LogP contribution in [0.2, 0.25) is 0 Å². The van der Waals surface area contributed by atoms with Crippen LogP contribution in [0, 0.1) is 12.8 Å². The highest BCUT2D eigenvalue weighted by molar-refractivity contribution is 5.75. The molecule has 132 valence electrons.